The highest BCUT2D eigenvalue weighted by Gasteiger charge is 2.35. The predicted molar refractivity (Wildman–Crippen MR) is 85.7 cm³/mol. The van der Waals surface area contributed by atoms with E-state index in [0.29, 0.717) is 23.2 Å². The van der Waals surface area contributed by atoms with Crippen molar-refractivity contribution in [1.29, 1.82) is 0 Å². The lowest BCUT2D eigenvalue weighted by Crippen LogP contribution is -2.14. The molecule has 0 saturated carbocycles. The van der Waals surface area contributed by atoms with Crippen molar-refractivity contribution in [1.82, 2.24) is 4.98 Å². The fraction of sp³-hybridized carbons (Fsp3) is 0.118. The van der Waals surface area contributed by atoms with E-state index in [-0.39, 0.29) is 17.3 Å². The van der Waals surface area contributed by atoms with Crippen LogP contribution in [-0.4, -0.2) is 13.4 Å². The number of para-hydroxylation sites is 1. The van der Waals surface area contributed by atoms with Gasteiger partial charge in [0, 0.05) is 11.1 Å². The number of hydrogen-bond donors (Lipinski definition) is 0. The molecular formula is C17H11F4NO3S. The lowest BCUT2D eigenvalue weighted by Gasteiger charge is -2.12. The van der Waals surface area contributed by atoms with Crippen molar-refractivity contribution in [2.75, 3.05) is 0 Å². The average Bonchev–Trinajstić information content (AvgIpc) is 2.54. The Morgan fingerprint density at radius 3 is 2.46 bits per heavy atom. The van der Waals surface area contributed by atoms with Crippen LogP contribution in [0.3, 0.4) is 0 Å². The monoisotopic (exact) mass is 385 g/mol. The molecule has 26 heavy (non-hydrogen) atoms. The van der Waals surface area contributed by atoms with Gasteiger partial charge in [-0.3, -0.25) is 0 Å². The van der Waals surface area contributed by atoms with Gasteiger partial charge < -0.3 is 4.18 Å². The minimum atomic E-state index is -5.03. The highest BCUT2D eigenvalue weighted by atomic mass is 32.2. The Labute approximate surface area is 146 Å². The molecule has 0 aliphatic rings. The van der Waals surface area contributed by atoms with Crippen molar-refractivity contribution in [2.45, 2.75) is 18.0 Å². The number of nitrogens with zero attached hydrogens (tertiary/aromatic N) is 1. The van der Waals surface area contributed by atoms with Crippen molar-refractivity contribution < 1.29 is 30.2 Å². The molecule has 3 rings (SSSR count). The number of hydrogen-bond acceptors (Lipinski definition) is 4. The molecule has 0 bridgehead atoms. The van der Waals surface area contributed by atoms with Crippen molar-refractivity contribution in [3.8, 4) is 5.75 Å². The van der Waals surface area contributed by atoms with E-state index in [1.165, 1.54) is 12.1 Å². The van der Waals surface area contributed by atoms with Gasteiger partial charge in [0.2, 0.25) is 0 Å². The quantitative estimate of drug-likeness (QED) is 0.493. The van der Waals surface area contributed by atoms with E-state index < -0.39 is 32.6 Å². The summed E-state index contributed by atoms with van der Waals surface area (Å²) in [5.74, 6) is -1.71. The molecular weight excluding hydrogens is 374 g/mol. The van der Waals surface area contributed by atoms with Crippen LogP contribution in [0.15, 0.2) is 53.4 Å². The molecule has 0 amide bonds. The van der Waals surface area contributed by atoms with Crippen LogP contribution in [0.1, 0.15) is 11.3 Å². The van der Waals surface area contributed by atoms with E-state index >= 15 is 0 Å². The first-order chi connectivity index (χ1) is 12.1. The molecule has 0 N–H and O–H groups in total. The summed E-state index contributed by atoms with van der Waals surface area (Å²) in [5.41, 5.74) is -0.838. The largest absolute Gasteiger partial charge is 0.419 e. The van der Waals surface area contributed by atoms with Crippen LogP contribution in [0.4, 0.5) is 17.6 Å². The maximum atomic E-state index is 13.4. The van der Waals surface area contributed by atoms with Crippen LogP contribution in [0.25, 0.3) is 10.9 Å². The molecule has 4 nitrogen and oxygen atoms in total. The molecule has 0 aliphatic heterocycles. The number of benzene rings is 2. The van der Waals surface area contributed by atoms with Gasteiger partial charge in [0.05, 0.1) is 5.56 Å². The molecule has 0 unspecified atom stereocenters. The first kappa shape index (κ1) is 18.1. The van der Waals surface area contributed by atoms with Crippen molar-refractivity contribution in [3.63, 3.8) is 0 Å². The van der Waals surface area contributed by atoms with Gasteiger partial charge in [-0.15, -0.1) is 0 Å². The van der Waals surface area contributed by atoms with Crippen LogP contribution in [0, 0.1) is 12.7 Å². The highest BCUT2D eigenvalue weighted by Crippen LogP contribution is 2.34. The first-order valence-corrected chi connectivity index (χ1v) is 8.66. The maximum Gasteiger partial charge on any atom is 0.419 e. The summed E-state index contributed by atoms with van der Waals surface area (Å²) in [6.45, 7) is 1.69. The second kappa shape index (κ2) is 6.24. The Morgan fingerprint density at radius 2 is 1.77 bits per heavy atom. The van der Waals surface area contributed by atoms with Crippen LogP contribution in [0.2, 0.25) is 0 Å². The van der Waals surface area contributed by atoms with Crippen LogP contribution in [0.5, 0.6) is 5.75 Å². The van der Waals surface area contributed by atoms with Crippen LogP contribution >= 0.6 is 0 Å². The number of rotatable bonds is 3. The number of halogens is 4. The fourth-order valence-corrected chi connectivity index (χ4v) is 3.29. The number of aryl methyl sites for hydroxylation is 1. The molecule has 136 valence electrons. The predicted octanol–water partition coefficient (Wildman–Crippen LogP) is 4.47. The van der Waals surface area contributed by atoms with Gasteiger partial charge in [-0.25, -0.2) is 9.37 Å². The van der Waals surface area contributed by atoms with Gasteiger partial charge in [-0.2, -0.15) is 21.6 Å². The summed E-state index contributed by atoms with van der Waals surface area (Å²) < 4.78 is 81.5. The van der Waals surface area contributed by atoms with Gasteiger partial charge >= 0.3 is 16.3 Å². The summed E-state index contributed by atoms with van der Waals surface area (Å²) in [5, 5.41) is 0.596. The normalized spacial score (nSPS) is 12.3. The number of pyridine rings is 1. The van der Waals surface area contributed by atoms with E-state index in [0.717, 1.165) is 0 Å². The SMILES string of the molecule is Cc1ccc2cccc(OS(=O)(=O)c3ccc(F)c(C(F)(F)F)c3)c2n1. The molecule has 0 spiro atoms. The zero-order chi connectivity index (χ0) is 19.1. The second-order valence-electron chi connectivity index (χ2n) is 5.46. The van der Waals surface area contributed by atoms with E-state index in [1.54, 1.807) is 25.1 Å². The van der Waals surface area contributed by atoms with Gasteiger partial charge in [0.1, 0.15) is 16.2 Å². The molecule has 9 heteroatoms. The zero-order valence-corrected chi connectivity index (χ0v) is 14.0. The summed E-state index contributed by atoms with van der Waals surface area (Å²) in [4.78, 5) is 3.39. The highest BCUT2D eigenvalue weighted by molar-refractivity contribution is 7.87. The standard InChI is InChI=1S/C17H11F4NO3S/c1-10-5-6-11-3-2-4-15(16(11)22-10)25-26(23,24)12-7-8-14(18)13(9-12)17(19,20)21/h2-9H,1H3. The molecule has 1 heterocycles. The van der Waals surface area contributed by atoms with Gasteiger partial charge in [-0.1, -0.05) is 18.2 Å². The van der Waals surface area contributed by atoms with Gasteiger partial charge in [-0.05, 0) is 37.3 Å². The van der Waals surface area contributed by atoms with E-state index in [1.807, 2.05) is 0 Å². The third-order valence-electron chi connectivity index (χ3n) is 3.55. The first-order valence-electron chi connectivity index (χ1n) is 7.25. The minimum Gasteiger partial charge on any atom is -0.377 e. The lowest BCUT2D eigenvalue weighted by molar-refractivity contribution is -0.140. The van der Waals surface area contributed by atoms with Crippen LogP contribution < -0.4 is 4.18 Å². The van der Waals surface area contributed by atoms with Gasteiger partial charge in [0.15, 0.2) is 5.75 Å². The average molecular weight is 385 g/mol. The summed E-state index contributed by atoms with van der Waals surface area (Å²) in [7, 11) is -4.62. The van der Waals surface area contributed by atoms with Crippen molar-refractivity contribution in [2.24, 2.45) is 0 Å². The van der Waals surface area contributed by atoms with Gasteiger partial charge in [0.25, 0.3) is 0 Å². The fourth-order valence-electron chi connectivity index (χ4n) is 2.33. The molecule has 1 aromatic heterocycles. The molecule has 0 saturated heterocycles. The van der Waals surface area contributed by atoms with E-state index in [2.05, 4.69) is 4.98 Å². The van der Waals surface area contributed by atoms with Crippen LogP contribution in [-0.2, 0) is 16.3 Å². The Balaban J connectivity index is 2.07. The number of aromatic nitrogens is 1. The minimum absolute atomic E-state index is 0.135. The Bertz CT molecular complexity index is 1090. The zero-order valence-electron chi connectivity index (χ0n) is 13.2. The maximum absolute atomic E-state index is 13.4. The molecule has 0 fully saturated rings. The molecule has 3 aromatic rings. The van der Waals surface area contributed by atoms with E-state index in [9.17, 15) is 26.0 Å². The van der Waals surface area contributed by atoms with Crippen molar-refractivity contribution in [3.05, 3.63) is 65.6 Å². The molecule has 2 aromatic carbocycles. The topological polar surface area (TPSA) is 56.3 Å². The third kappa shape index (κ3) is 3.48. The van der Waals surface area contributed by atoms with E-state index in [4.69, 9.17) is 4.18 Å². The number of alkyl halides is 3. The molecule has 0 atom stereocenters. The second-order valence-corrected chi connectivity index (χ2v) is 7.00. The smallest absolute Gasteiger partial charge is 0.377 e. The third-order valence-corrected chi connectivity index (χ3v) is 4.78. The lowest BCUT2D eigenvalue weighted by atomic mass is 10.2. The summed E-state index contributed by atoms with van der Waals surface area (Å²) in [6, 6.07) is 9.31. The van der Waals surface area contributed by atoms with Crippen molar-refractivity contribution >= 4 is 21.0 Å². The Kier molecular flexibility index (Phi) is 4.35. The molecule has 0 radical (unpaired) electrons. The Hall–Kier alpha value is -2.68. The number of fused-ring (bicyclic) bond motifs is 1. The summed E-state index contributed by atoms with van der Waals surface area (Å²) in [6.07, 6.45) is -5.03. The molecule has 0 aliphatic carbocycles. The Morgan fingerprint density at radius 1 is 1.04 bits per heavy atom. The summed E-state index contributed by atoms with van der Waals surface area (Å²) >= 11 is 0.